The molecule has 4 rings (SSSR count). The molecule has 0 atom stereocenters. The van der Waals surface area contributed by atoms with Crippen molar-refractivity contribution < 1.29 is 27.0 Å². The fraction of sp³-hybridized carbons (Fsp3) is 0.459. The summed E-state index contributed by atoms with van der Waals surface area (Å²) in [4.78, 5) is 0. The standard InChI is InChI=1S/C37H44F4O2/c1-3-5-7-8-9-10-11-13-15-29-20-21-30(34(39)33(29)38)27-16-18-28(19-17-27)31-22-23-32(36(41)35(31)40)37-42-24-26(25-43-37)14-12-6-4-2/h4,6,16-23,26,37H,3,5,7-15,24-25H2,1-2H3/b6-4+. The van der Waals surface area contributed by atoms with Gasteiger partial charge in [-0.3, -0.25) is 0 Å². The van der Waals surface area contributed by atoms with Crippen LogP contribution in [0.25, 0.3) is 22.3 Å². The van der Waals surface area contributed by atoms with E-state index in [0.29, 0.717) is 36.3 Å². The van der Waals surface area contributed by atoms with Crippen molar-refractivity contribution in [2.24, 2.45) is 5.92 Å². The molecule has 1 aliphatic rings. The van der Waals surface area contributed by atoms with Gasteiger partial charge in [-0.1, -0.05) is 113 Å². The first-order valence-electron chi connectivity index (χ1n) is 15.8. The van der Waals surface area contributed by atoms with Gasteiger partial charge < -0.3 is 9.47 Å². The van der Waals surface area contributed by atoms with Gasteiger partial charge in [-0.05, 0) is 49.3 Å². The number of halogens is 4. The molecule has 1 heterocycles. The maximum absolute atomic E-state index is 15.2. The number of hydrogen-bond acceptors (Lipinski definition) is 2. The molecule has 2 nitrogen and oxygen atoms in total. The van der Waals surface area contributed by atoms with Gasteiger partial charge in [0.25, 0.3) is 0 Å². The van der Waals surface area contributed by atoms with E-state index in [1.807, 2.05) is 13.0 Å². The van der Waals surface area contributed by atoms with Gasteiger partial charge in [0, 0.05) is 22.6 Å². The van der Waals surface area contributed by atoms with Gasteiger partial charge in [0.1, 0.15) is 0 Å². The van der Waals surface area contributed by atoms with Crippen molar-refractivity contribution in [3.05, 3.63) is 95.1 Å². The van der Waals surface area contributed by atoms with Gasteiger partial charge in [0.15, 0.2) is 29.6 Å². The Morgan fingerprint density at radius 1 is 0.674 bits per heavy atom. The molecule has 0 amide bonds. The molecular weight excluding hydrogens is 552 g/mol. The van der Waals surface area contributed by atoms with Crippen molar-refractivity contribution in [1.29, 1.82) is 0 Å². The summed E-state index contributed by atoms with van der Waals surface area (Å²) in [5.74, 6) is -3.51. The van der Waals surface area contributed by atoms with E-state index in [1.165, 1.54) is 44.2 Å². The lowest BCUT2D eigenvalue weighted by Gasteiger charge is -2.29. The Hall–Kier alpha value is -2.96. The van der Waals surface area contributed by atoms with Crippen LogP contribution in [-0.2, 0) is 15.9 Å². The highest BCUT2D eigenvalue weighted by Crippen LogP contribution is 2.35. The molecular formula is C37H44F4O2. The Morgan fingerprint density at radius 2 is 1.23 bits per heavy atom. The zero-order valence-electron chi connectivity index (χ0n) is 25.4. The predicted molar refractivity (Wildman–Crippen MR) is 166 cm³/mol. The van der Waals surface area contributed by atoms with Gasteiger partial charge in [-0.15, -0.1) is 0 Å². The van der Waals surface area contributed by atoms with Gasteiger partial charge in [-0.25, -0.2) is 17.6 Å². The molecule has 0 aromatic heterocycles. The van der Waals surface area contributed by atoms with E-state index in [-0.39, 0.29) is 22.6 Å². The molecule has 0 N–H and O–H groups in total. The van der Waals surface area contributed by atoms with Crippen LogP contribution in [0.2, 0.25) is 0 Å². The van der Waals surface area contributed by atoms with E-state index >= 15 is 13.2 Å². The minimum atomic E-state index is -1.01. The number of allylic oxidation sites excluding steroid dienone is 2. The third kappa shape index (κ3) is 8.79. The predicted octanol–water partition coefficient (Wildman–Crippen LogP) is 11.3. The molecule has 0 saturated carbocycles. The highest BCUT2D eigenvalue weighted by atomic mass is 19.2. The van der Waals surface area contributed by atoms with Crippen LogP contribution in [0, 0.1) is 29.2 Å². The van der Waals surface area contributed by atoms with Gasteiger partial charge in [0.2, 0.25) is 0 Å². The van der Waals surface area contributed by atoms with Crippen LogP contribution in [0.1, 0.15) is 95.5 Å². The second-order valence-corrected chi connectivity index (χ2v) is 11.5. The summed E-state index contributed by atoms with van der Waals surface area (Å²) in [6.07, 6.45) is 14.6. The highest BCUT2D eigenvalue weighted by Gasteiger charge is 2.28. The van der Waals surface area contributed by atoms with Crippen LogP contribution in [0.15, 0.2) is 60.7 Å². The summed E-state index contributed by atoms with van der Waals surface area (Å²) < 4.78 is 71.7. The lowest BCUT2D eigenvalue weighted by atomic mass is 9.96. The zero-order valence-corrected chi connectivity index (χ0v) is 25.4. The van der Waals surface area contributed by atoms with Crippen LogP contribution in [0.4, 0.5) is 17.6 Å². The lowest BCUT2D eigenvalue weighted by Crippen LogP contribution is -2.27. The summed E-state index contributed by atoms with van der Waals surface area (Å²) in [7, 11) is 0. The number of aryl methyl sites for hydroxylation is 1. The molecule has 0 aliphatic carbocycles. The minimum Gasteiger partial charge on any atom is -0.348 e. The fourth-order valence-corrected chi connectivity index (χ4v) is 5.64. The quantitative estimate of drug-likeness (QED) is 0.0987. The fourth-order valence-electron chi connectivity index (χ4n) is 5.64. The number of ether oxygens (including phenoxy) is 2. The summed E-state index contributed by atoms with van der Waals surface area (Å²) in [6, 6.07) is 12.6. The molecule has 1 aliphatic heterocycles. The first-order valence-corrected chi connectivity index (χ1v) is 15.8. The van der Waals surface area contributed by atoms with Crippen molar-refractivity contribution in [2.45, 2.75) is 90.8 Å². The monoisotopic (exact) mass is 596 g/mol. The van der Waals surface area contributed by atoms with Crippen LogP contribution in [-0.4, -0.2) is 13.2 Å². The SMILES string of the molecule is C/C=C/CCC1COC(c2ccc(-c3ccc(-c4ccc(CCCCCCCCCC)c(F)c4F)cc3)c(F)c2F)OC1. The number of hydrogen-bond donors (Lipinski definition) is 0. The smallest absolute Gasteiger partial charge is 0.186 e. The molecule has 3 aromatic rings. The lowest BCUT2D eigenvalue weighted by molar-refractivity contribution is -0.207. The maximum atomic E-state index is 15.2. The van der Waals surface area contributed by atoms with Crippen molar-refractivity contribution >= 4 is 0 Å². The second-order valence-electron chi connectivity index (χ2n) is 11.5. The van der Waals surface area contributed by atoms with E-state index in [0.717, 1.165) is 32.1 Å². The van der Waals surface area contributed by atoms with Gasteiger partial charge in [0.05, 0.1) is 13.2 Å². The van der Waals surface area contributed by atoms with Crippen LogP contribution in [0.3, 0.4) is 0 Å². The Labute approximate surface area is 254 Å². The van der Waals surface area contributed by atoms with Crippen molar-refractivity contribution in [3.63, 3.8) is 0 Å². The van der Waals surface area contributed by atoms with E-state index < -0.39 is 29.6 Å². The van der Waals surface area contributed by atoms with E-state index in [2.05, 4.69) is 13.0 Å². The normalized spacial score (nSPS) is 17.2. The number of rotatable bonds is 15. The number of unbranched alkanes of at least 4 members (excludes halogenated alkanes) is 7. The highest BCUT2D eigenvalue weighted by molar-refractivity contribution is 5.71. The zero-order chi connectivity index (χ0) is 30.6. The Kier molecular flexibility index (Phi) is 12.8. The third-order valence-corrected chi connectivity index (χ3v) is 8.28. The molecule has 0 spiro atoms. The molecule has 0 unspecified atom stereocenters. The number of benzene rings is 3. The van der Waals surface area contributed by atoms with Gasteiger partial charge in [-0.2, -0.15) is 0 Å². The molecule has 3 aromatic carbocycles. The second kappa shape index (κ2) is 16.8. The van der Waals surface area contributed by atoms with Gasteiger partial charge >= 0.3 is 0 Å². The van der Waals surface area contributed by atoms with Crippen LogP contribution >= 0.6 is 0 Å². The molecule has 1 saturated heterocycles. The minimum absolute atomic E-state index is 0.0226. The van der Waals surface area contributed by atoms with Crippen LogP contribution in [0.5, 0.6) is 0 Å². The molecule has 0 radical (unpaired) electrons. The average Bonchev–Trinajstić information content (AvgIpc) is 3.02. The third-order valence-electron chi connectivity index (χ3n) is 8.28. The first-order chi connectivity index (χ1) is 20.9. The molecule has 43 heavy (non-hydrogen) atoms. The van der Waals surface area contributed by atoms with E-state index in [9.17, 15) is 4.39 Å². The van der Waals surface area contributed by atoms with Crippen molar-refractivity contribution in [2.75, 3.05) is 13.2 Å². The van der Waals surface area contributed by atoms with Crippen molar-refractivity contribution in [3.8, 4) is 22.3 Å². The van der Waals surface area contributed by atoms with E-state index in [1.54, 1.807) is 36.4 Å². The summed E-state index contributed by atoms with van der Waals surface area (Å²) >= 11 is 0. The summed E-state index contributed by atoms with van der Waals surface area (Å²) in [6.45, 7) is 5.01. The molecule has 6 heteroatoms. The molecule has 232 valence electrons. The maximum Gasteiger partial charge on any atom is 0.186 e. The average molecular weight is 597 g/mol. The summed E-state index contributed by atoms with van der Waals surface area (Å²) in [5, 5.41) is 0. The first kappa shape index (κ1) is 32.9. The molecule has 1 fully saturated rings. The topological polar surface area (TPSA) is 18.5 Å². The largest absolute Gasteiger partial charge is 0.348 e. The Morgan fingerprint density at radius 3 is 1.84 bits per heavy atom. The van der Waals surface area contributed by atoms with E-state index in [4.69, 9.17) is 9.47 Å². The van der Waals surface area contributed by atoms with Crippen molar-refractivity contribution in [1.82, 2.24) is 0 Å². The Bertz CT molecular complexity index is 1330. The van der Waals surface area contributed by atoms with Crippen LogP contribution < -0.4 is 0 Å². The summed E-state index contributed by atoms with van der Waals surface area (Å²) in [5.41, 5.74) is 1.50. The Balaban J connectivity index is 1.37. The molecule has 0 bridgehead atoms.